The predicted octanol–water partition coefficient (Wildman–Crippen LogP) is 1.85. The van der Waals surface area contributed by atoms with Gasteiger partial charge in [-0.3, -0.25) is 0 Å². The van der Waals surface area contributed by atoms with Crippen LogP contribution in [-0.2, 0) is 0 Å². The molecule has 1 N–H and O–H groups in total. The van der Waals surface area contributed by atoms with Crippen molar-refractivity contribution in [1.29, 1.82) is 5.41 Å². The quantitative estimate of drug-likeness (QED) is 0.309. The second-order valence-electron chi connectivity index (χ2n) is 1.04. The molecule has 0 bridgehead atoms. The minimum Gasteiger partial charge on any atom is -0.313 e. The molecule has 0 aliphatic carbocycles. The van der Waals surface area contributed by atoms with Crippen LogP contribution < -0.4 is 0 Å². The minimum atomic E-state index is 0.947. The first-order chi connectivity index (χ1) is 2.91. The van der Waals surface area contributed by atoms with Crippen molar-refractivity contribution in [3.63, 3.8) is 0 Å². The standard InChI is InChI=1S/C4H8IN/c5-3-1-2-4-6/h4,6H,1-3H2. The van der Waals surface area contributed by atoms with Gasteiger partial charge in [-0.25, -0.2) is 0 Å². The molecule has 0 rings (SSSR count). The Bertz CT molecular complexity index is 36.5. The number of nitrogens with one attached hydrogen (secondary N) is 1. The number of unbranched alkanes of at least 4 members (excludes halogenated alkanes) is 1. The number of alkyl halides is 1. The van der Waals surface area contributed by atoms with Crippen molar-refractivity contribution in [2.24, 2.45) is 0 Å². The van der Waals surface area contributed by atoms with E-state index in [-0.39, 0.29) is 0 Å². The van der Waals surface area contributed by atoms with Gasteiger partial charge in [0.15, 0.2) is 0 Å². The molecule has 0 amide bonds. The van der Waals surface area contributed by atoms with Gasteiger partial charge in [-0.05, 0) is 23.5 Å². The van der Waals surface area contributed by atoms with E-state index in [9.17, 15) is 0 Å². The Morgan fingerprint density at radius 2 is 2.33 bits per heavy atom. The third-order valence-corrected chi connectivity index (χ3v) is 1.24. The fourth-order valence-corrected chi connectivity index (χ4v) is 0.620. The zero-order valence-corrected chi connectivity index (χ0v) is 5.73. The fraction of sp³-hybridized carbons (Fsp3) is 0.750. The van der Waals surface area contributed by atoms with Crippen molar-refractivity contribution >= 4 is 28.8 Å². The van der Waals surface area contributed by atoms with Gasteiger partial charge < -0.3 is 5.41 Å². The van der Waals surface area contributed by atoms with Gasteiger partial charge in [0.05, 0.1) is 0 Å². The summed E-state index contributed by atoms with van der Waals surface area (Å²) >= 11 is 2.31. The van der Waals surface area contributed by atoms with Crippen LogP contribution in [0.2, 0.25) is 0 Å². The van der Waals surface area contributed by atoms with Crippen molar-refractivity contribution in [3.05, 3.63) is 0 Å². The van der Waals surface area contributed by atoms with Crippen LogP contribution in [-0.4, -0.2) is 10.6 Å². The Morgan fingerprint density at radius 1 is 1.67 bits per heavy atom. The highest BCUT2D eigenvalue weighted by atomic mass is 127. The topological polar surface area (TPSA) is 23.9 Å². The van der Waals surface area contributed by atoms with Gasteiger partial charge in [-0.15, -0.1) is 0 Å². The second-order valence-corrected chi connectivity index (χ2v) is 2.11. The highest BCUT2D eigenvalue weighted by molar-refractivity contribution is 14.1. The van der Waals surface area contributed by atoms with Crippen LogP contribution in [0.15, 0.2) is 0 Å². The van der Waals surface area contributed by atoms with Gasteiger partial charge in [-0.2, -0.15) is 0 Å². The normalized spacial score (nSPS) is 8.17. The number of hydrogen-bond acceptors (Lipinski definition) is 1. The van der Waals surface area contributed by atoms with E-state index in [0.29, 0.717) is 0 Å². The summed E-state index contributed by atoms with van der Waals surface area (Å²) in [7, 11) is 0. The van der Waals surface area contributed by atoms with Gasteiger partial charge in [0.25, 0.3) is 0 Å². The lowest BCUT2D eigenvalue weighted by Crippen LogP contribution is -1.72. The third-order valence-electron chi connectivity index (χ3n) is 0.482. The smallest absolute Gasteiger partial charge is 0.000123 e. The molecule has 36 valence electrons. The average Bonchev–Trinajstić information content (AvgIpc) is 1.61. The number of halogens is 1. The SMILES string of the molecule is N=CCCCI. The molecule has 0 unspecified atom stereocenters. The second kappa shape index (κ2) is 5.40. The lowest BCUT2D eigenvalue weighted by Gasteiger charge is -1.79. The Hall–Kier alpha value is 0.400. The predicted molar refractivity (Wildman–Crippen MR) is 36.9 cm³/mol. The van der Waals surface area contributed by atoms with Gasteiger partial charge in [0.2, 0.25) is 0 Å². The van der Waals surface area contributed by atoms with E-state index < -0.39 is 0 Å². The van der Waals surface area contributed by atoms with Crippen LogP contribution >= 0.6 is 22.6 Å². The fourth-order valence-electron chi connectivity index (χ4n) is 0.179. The van der Waals surface area contributed by atoms with E-state index in [4.69, 9.17) is 5.41 Å². The Morgan fingerprint density at radius 3 is 2.50 bits per heavy atom. The van der Waals surface area contributed by atoms with Crippen LogP contribution in [0, 0.1) is 5.41 Å². The lowest BCUT2D eigenvalue weighted by atomic mass is 10.4. The molecule has 0 aliphatic rings. The first kappa shape index (κ1) is 6.40. The van der Waals surface area contributed by atoms with Crippen LogP contribution in [0.3, 0.4) is 0 Å². The Kier molecular flexibility index (Phi) is 5.76. The largest absolute Gasteiger partial charge is 0.313 e. The van der Waals surface area contributed by atoms with Crippen molar-refractivity contribution in [2.75, 3.05) is 4.43 Å². The first-order valence-electron chi connectivity index (χ1n) is 1.96. The molecule has 0 aromatic heterocycles. The van der Waals surface area contributed by atoms with Gasteiger partial charge >= 0.3 is 0 Å². The van der Waals surface area contributed by atoms with E-state index in [1.807, 2.05) is 0 Å². The summed E-state index contributed by atoms with van der Waals surface area (Å²) in [4.78, 5) is 0. The zero-order chi connectivity index (χ0) is 4.83. The molecule has 0 aromatic carbocycles. The summed E-state index contributed by atoms with van der Waals surface area (Å²) in [6.45, 7) is 0. The van der Waals surface area contributed by atoms with Gasteiger partial charge in [0, 0.05) is 0 Å². The maximum Gasteiger partial charge on any atom is -0.000123 e. The molecule has 0 saturated carbocycles. The molecular weight excluding hydrogens is 189 g/mol. The zero-order valence-electron chi connectivity index (χ0n) is 3.58. The number of rotatable bonds is 3. The third kappa shape index (κ3) is 4.40. The summed E-state index contributed by atoms with van der Waals surface area (Å²) in [6, 6.07) is 0. The van der Waals surface area contributed by atoms with E-state index in [0.717, 1.165) is 12.8 Å². The summed E-state index contributed by atoms with van der Waals surface area (Å²) in [5.74, 6) is 0. The van der Waals surface area contributed by atoms with E-state index in [1.54, 1.807) is 0 Å². The highest BCUT2D eigenvalue weighted by Gasteiger charge is 1.73. The van der Waals surface area contributed by atoms with Crippen molar-refractivity contribution in [2.45, 2.75) is 12.8 Å². The van der Waals surface area contributed by atoms with Crippen LogP contribution in [0.5, 0.6) is 0 Å². The van der Waals surface area contributed by atoms with Crippen molar-refractivity contribution in [3.8, 4) is 0 Å². The first-order valence-corrected chi connectivity index (χ1v) is 3.49. The molecule has 0 aliphatic heterocycles. The molecule has 0 aromatic rings. The summed E-state index contributed by atoms with van der Waals surface area (Å²) in [5.41, 5.74) is 0. The molecule has 1 nitrogen and oxygen atoms in total. The molecule has 2 heteroatoms. The monoisotopic (exact) mass is 197 g/mol. The molecule has 0 atom stereocenters. The number of hydrogen-bond donors (Lipinski definition) is 1. The van der Waals surface area contributed by atoms with E-state index in [2.05, 4.69) is 22.6 Å². The lowest BCUT2D eigenvalue weighted by molar-refractivity contribution is 1.04. The summed E-state index contributed by atoms with van der Waals surface area (Å²) in [5, 5.41) is 6.58. The van der Waals surface area contributed by atoms with Crippen molar-refractivity contribution < 1.29 is 0 Å². The average molecular weight is 197 g/mol. The maximum atomic E-state index is 6.58. The maximum absolute atomic E-state index is 6.58. The van der Waals surface area contributed by atoms with Gasteiger partial charge in [-0.1, -0.05) is 22.6 Å². The Labute approximate surface area is 51.8 Å². The molecule has 0 fully saturated rings. The molecule has 0 spiro atoms. The minimum absolute atomic E-state index is 0.947. The van der Waals surface area contributed by atoms with Crippen LogP contribution in [0.25, 0.3) is 0 Å². The Balaban J connectivity index is 2.49. The molecule has 6 heavy (non-hydrogen) atoms. The van der Waals surface area contributed by atoms with E-state index >= 15 is 0 Å². The van der Waals surface area contributed by atoms with Gasteiger partial charge in [0.1, 0.15) is 0 Å². The summed E-state index contributed by atoms with van der Waals surface area (Å²) in [6.07, 6.45) is 3.56. The highest BCUT2D eigenvalue weighted by Crippen LogP contribution is 1.89. The molecular formula is C4H8IN. The molecule has 0 saturated heterocycles. The van der Waals surface area contributed by atoms with E-state index in [1.165, 1.54) is 10.6 Å². The van der Waals surface area contributed by atoms with Crippen LogP contribution in [0.1, 0.15) is 12.8 Å². The molecule has 0 radical (unpaired) electrons. The molecule has 0 heterocycles. The van der Waals surface area contributed by atoms with Crippen molar-refractivity contribution in [1.82, 2.24) is 0 Å². The van der Waals surface area contributed by atoms with Crippen LogP contribution in [0.4, 0.5) is 0 Å². The summed E-state index contributed by atoms with van der Waals surface area (Å²) < 4.78 is 1.17.